The van der Waals surface area contributed by atoms with Crippen LogP contribution in [0.2, 0.25) is 0 Å². The summed E-state index contributed by atoms with van der Waals surface area (Å²) in [5.74, 6) is 1.75. The molecule has 0 bridgehead atoms. The molecule has 0 unspecified atom stereocenters. The molecule has 8 aromatic rings. The number of hydrogen-bond acceptors (Lipinski definition) is 4. The van der Waals surface area contributed by atoms with Crippen molar-refractivity contribution in [1.29, 1.82) is 0 Å². The fraction of sp³-hybridized carbons (Fsp3) is 0.120. The van der Waals surface area contributed by atoms with E-state index in [1.165, 1.54) is 11.1 Å². The summed E-state index contributed by atoms with van der Waals surface area (Å²) in [7, 11) is 0. The molecule has 4 heteroatoms. The number of nitrogens with zero attached hydrogens (tertiary/aromatic N) is 3. The Bertz CT molecular complexity index is 2550. The van der Waals surface area contributed by atoms with E-state index < -0.39 is 0 Å². The molecule has 4 nitrogen and oxygen atoms in total. The molecule has 2 aromatic heterocycles. The summed E-state index contributed by atoms with van der Waals surface area (Å²) in [6.07, 6.45) is 1.84. The quantitative estimate of drug-likeness (QED) is 0.163. The first-order chi connectivity index (χ1) is 26.3. The average molecular weight is 702 g/mol. The van der Waals surface area contributed by atoms with Crippen LogP contribution >= 0.6 is 0 Å². The Hall–Kier alpha value is -6.52. The molecule has 8 rings (SSSR count). The molecule has 0 spiro atoms. The van der Waals surface area contributed by atoms with Crippen LogP contribution in [-0.4, -0.2) is 15.1 Å². The van der Waals surface area contributed by atoms with Gasteiger partial charge in [-0.1, -0.05) is 137 Å². The third kappa shape index (κ3) is 6.87. The second-order valence-electron chi connectivity index (χ2n) is 14.5. The van der Waals surface area contributed by atoms with Gasteiger partial charge in [0.2, 0.25) is 0 Å². The van der Waals surface area contributed by atoms with Crippen LogP contribution < -0.4 is 4.90 Å². The first kappa shape index (κ1) is 34.6. The third-order valence-electron chi connectivity index (χ3n) is 10.1. The Morgan fingerprint density at radius 1 is 0.519 bits per heavy atom. The van der Waals surface area contributed by atoms with Gasteiger partial charge in [0.15, 0.2) is 0 Å². The number of phenols is 1. The van der Waals surface area contributed by atoms with E-state index in [1.807, 2.05) is 42.6 Å². The SMILES string of the molecule is CC(C)c1cc(-c2ccc(-c3cc(-c4ccccc4)cc(N(c4ccccn4)c4cccc5ccccc45)c3)nc2-c2ccccc2O)cc(C(C)C)c1. The lowest BCUT2D eigenvalue weighted by atomic mass is 9.89. The standard InChI is InChI=1S/C50H43N3O/c1-33(2)37-27-38(34(3)4)29-40(28-37)44-24-25-46(52-50(44)45-20-10-11-22-48(45)54)41-30-39(35-15-6-5-7-16-35)31-42(32-41)53(49-23-12-13-26-51-49)47-21-14-18-36-17-8-9-19-43(36)47/h5-34,54H,1-4H3. The van der Waals surface area contributed by atoms with E-state index in [9.17, 15) is 5.11 Å². The van der Waals surface area contributed by atoms with Gasteiger partial charge in [-0.2, -0.15) is 0 Å². The second kappa shape index (κ2) is 14.8. The zero-order valence-electron chi connectivity index (χ0n) is 31.1. The number of fused-ring (bicyclic) bond motifs is 1. The Morgan fingerprint density at radius 3 is 1.94 bits per heavy atom. The van der Waals surface area contributed by atoms with Crippen molar-refractivity contribution < 1.29 is 5.11 Å². The van der Waals surface area contributed by atoms with Gasteiger partial charge in [-0.3, -0.25) is 4.90 Å². The van der Waals surface area contributed by atoms with E-state index in [0.29, 0.717) is 17.4 Å². The van der Waals surface area contributed by atoms with Gasteiger partial charge in [-0.15, -0.1) is 0 Å². The van der Waals surface area contributed by atoms with Crippen LogP contribution in [0.3, 0.4) is 0 Å². The van der Waals surface area contributed by atoms with Crippen molar-refractivity contribution in [2.75, 3.05) is 4.90 Å². The highest BCUT2D eigenvalue weighted by atomic mass is 16.3. The van der Waals surface area contributed by atoms with Crippen molar-refractivity contribution in [2.45, 2.75) is 39.5 Å². The normalized spacial score (nSPS) is 11.4. The Kier molecular flexibility index (Phi) is 9.50. The largest absolute Gasteiger partial charge is 0.507 e. The average Bonchev–Trinajstić information content (AvgIpc) is 3.21. The summed E-state index contributed by atoms with van der Waals surface area (Å²) in [5.41, 5.74) is 12.0. The second-order valence-corrected chi connectivity index (χ2v) is 14.5. The molecule has 0 saturated carbocycles. The molecule has 0 fully saturated rings. The Labute approximate surface area is 318 Å². The number of pyridine rings is 2. The molecule has 264 valence electrons. The number of hydrogen-bond donors (Lipinski definition) is 1. The Morgan fingerprint density at radius 2 is 1.20 bits per heavy atom. The van der Waals surface area contributed by atoms with Crippen LogP contribution in [0.1, 0.15) is 50.7 Å². The fourth-order valence-electron chi connectivity index (χ4n) is 7.20. The first-order valence-corrected chi connectivity index (χ1v) is 18.7. The van der Waals surface area contributed by atoms with Gasteiger partial charge >= 0.3 is 0 Å². The maximum Gasteiger partial charge on any atom is 0.137 e. The molecule has 0 radical (unpaired) electrons. The zero-order chi connectivity index (χ0) is 37.2. The molecule has 6 aromatic carbocycles. The molecule has 0 amide bonds. The van der Waals surface area contributed by atoms with Crippen LogP contribution in [0.5, 0.6) is 5.75 Å². The van der Waals surface area contributed by atoms with Crippen LogP contribution in [0, 0.1) is 0 Å². The Balaban J connectivity index is 1.38. The number of aromatic hydroxyl groups is 1. The molecule has 0 aliphatic carbocycles. The molecule has 0 aliphatic heterocycles. The predicted octanol–water partition coefficient (Wildman–Crippen LogP) is 13.7. The minimum atomic E-state index is 0.198. The van der Waals surface area contributed by atoms with E-state index >= 15 is 0 Å². The van der Waals surface area contributed by atoms with Crippen molar-refractivity contribution in [3.05, 3.63) is 181 Å². The van der Waals surface area contributed by atoms with Crippen molar-refractivity contribution in [3.63, 3.8) is 0 Å². The lowest BCUT2D eigenvalue weighted by Crippen LogP contribution is -2.12. The van der Waals surface area contributed by atoms with Crippen LogP contribution in [-0.2, 0) is 0 Å². The maximum atomic E-state index is 11.3. The van der Waals surface area contributed by atoms with Gasteiger partial charge in [0.05, 0.1) is 17.1 Å². The molecule has 2 heterocycles. The lowest BCUT2D eigenvalue weighted by Gasteiger charge is -2.27. The number of aromatic nitrogens is 2. The summed E-state index contributed by atoms with van der Waals surface area (Å²) >= 11 is 0. The van der Waals surface area contributed by atoms with Crippen molar-refractivity contribution in [2.24, 2.45) is 0 Å². The third-order valence-corrected chi connectivity index (χ3v) is 10.1. The number of para-hydroxylation sites is 1. The van der Waals surface area contributed by atoms with Gasteiger partial charge in [0.1, 0.15) is 11.6 Å². The molecule has 0 aliphatic rings. The minimum absolute atomic E-state index is 0.198. The number of benzene rings is 6. The smallest absolute Gasteiger partial charge is 0.137 e. The maximum absolute atomic E-state index is 11.3. The van der Waals surface area contributed by atoms with Gasteiger partial charge in [0, 0.05) is 34.0 Å². The van der Waals surface area contributed by atoms with Gasteiger partial charge in [-0.25, -0.2) is 9.97 Å². The van der Waals surface area contributed by atoms with Crippen LogP contribution in [0.25, 0.3) is 55.5 Å². The van der Waals surface area contributed by atoms with Crippen molar-refractivity contribution in [3.8, 4) is 50.5 Å². The zero-order valence-corrected chi connectivity index (χ0v) is 31.1. The van der Waals surface area contributed by atoms with Crippen LogP contribution in [0.15, 0.2) is 170 Å². The number of phenolic OH excluding ortho intramolecular Hbond substituents is 1. The summed E-state index contributed by atoms with van der Waals surface area (Å²) in [6, 6.07) is 56.7. The summed E-state index contributed by atoms with van der Waals surface area (Å²) < 4.78 is 0. The number of rotatable bonds is 9. The van der Waals surface area contributed by atoms with Crippen molar-refractivity contribution >= 4 is 28.0 Å². The molecule has 0 atom stereocenters. The fourth-order valence-corrected chi connectivity index (χ4v) is 7.20. The lowest BCUT2D eigenvalue weighted by molar-refractivity contribution is 0.477. The monoisotopic (exact) mass is 701 g/mol. The van der Waals surface area contributed by atoms with E-state index in [2.05, 4.69) is 154 Å². The van der Waals surface area contributed by atoms with E-state index in [0.717, 1.165) is 67.2 Å². The van der Waals surface area contributed by atoms with Crippen LogP contribution in [0.4, 0.5) is 17.2 Å². The topological polar surface area (TPSA) is 49.2 Å². The highest BCUT2D eigenvalue weighted by Gasteiger charge is 2.21. The van der Waals surface area contributed by atoms with E-state index in [-0.39, 0.29) is 5.75 Å². The highest BCUT2D eigenvalue weighted by molar-refractivity contribution is 5.99. The first-order valence-electron chi connectivity index (χ1n) is 18.7. The van der Waals surface area contributed by atoms with Gasteiger partial charge in [0.25, 0.3) is 0 Å². The minimum Gasteiger partial charge on any atom is -0.507 e. The summed E-state index contributed by atoms with van der Waals surface area (Å²) in [6.45, 7) is 8.94. The van der Waals surface area contributed by atoms with E-state index in [1.54, 1.807) is 6.07 Å². The highest BCUT2D eigenvalue weighted by Crippen LogP contribution is 2.43. The number of anilines is 3. The molecule has 54 heavy (non-hydrogen) atoms. The molecule has 0 saturated heterocycles. The van der Waals surface area contributed by atoms with Gasteiger partial charge in [-0.05, 0) is 99.6 Å². The molecular weight excluding hydrogens is 659 g/mol. The summed E-state index contributed by atoms with van der Waals surface area (Å²) in [4.78, 5) is 12.5. The van der Waals surface area contributed by atoms with Gasteiger partial charge < -0.3 is 5.11 Å². The molecular formula is C50H43N3O. The van der Waals surface area contributed by atoms with E-state index in [4.69, 9.17) is 9.97 Å². The van der Waals surface area contributed by atoms with Crippen molar-refractivity contribution in [1.82, 2.24) is 9.97 Å². The predicted molar refractivity (Wildman–Crippen MR) is 226 cm³/mol. The summed E-state index contributed by atoms with van der Waals surface area (Å²) in [5, 5.41) is 13.6. The molecule has 1 N–H and O–H groups in total.